The fourth-order valence-electron chi connectivity index (χ4n) is 5.49. The average molecular weight is 492 g/mol. The summed E-state index contributed by atoms with van der Waals surface area (Å²) in [6.07, 6.45) is 1.69. The summed E-state index contributed by atoms with van der Waals surface area (Å²) >= 11 is 0. The normalized spacial score (nSPS) is 23.8. The summed E-state index contributed by atoms with van der Waals surface area (Å²) in [5.74, 6) is -5.42. The smallest absolute Gasteiger partial charge is 0.255 e. The number of likely N-dealkylation sites (N-methyl/N-ethyl adjacent to an activating group) is 1. The van der Waals surface area contributed by atoms with Crippen molar-refractivity contribution in [3.05, 3.63) is 52.1 Å². The summed E-state index contributed by atoms with van der Waals surface area (Å²) in [5.41, 5.74) is 3.70. The van der Waals surface area contributed by atoms with Gasteiger partial charge in [-0.25, -0.2) is 4.98 Å². The maximum atomic E-state index is 13.8. The first-order valence-electron chi connectivity index (χ1n) is 11.3. The van der Waals surface area contributed by atoms with Gasteiger partial charge in [-0.3, -0.25) is 19.3 Å². The quantitative estimate of drug-likeness (QED) is 0.401. The van der Waals surface area contributed by atoms with Crippen LogP contribution in [0.25, 0.3) is 27.9 Å². The molecule has 1 amide bonds. The lowest BCUT2D eigenvalue weighted by molar-refractivity contribution is -0.132. The molecule has 0 saturated heterocycles. The van der Waals surface area contributed by atoms with Gasteiger partial charge in [-0.05, 0) is 63.5 Å². The number of oxazole rings is 1. The van der Waals surface area contributed by atoms with Crippen LogP contribution in [-0.2, 0) is 16.0 Å². The first-order valence-corrected chi connectivity index (χ1v) is 11.3. The molecule has 36 heavy (non-hydrogen) atoms. The summed E-state index contributed by atoms with van der Waals surface area (Å²) in [6.45, 7) is 3.76. The number of aliphatic hydroxyl groups is 2. The van der Waals surface area contributed by atoms with Crippen molar-refractivity contribution in [1.29, 1.82) is 0 Å². The topological polar surface area (TPSA) is 167 Å². The predicted octanol–water partition coefficient (Wildman–Crippen LogP) is 2.01. The standard InChI is InChI=1S/C26H25N3O7/c1-10(2)7-15-28-14-6-5-11-8-12-9-13-19(29(3)4)21(31)18(25(27)34)24(33)26(13,35)23(32)17(12)20(30)16(11)22(14)36-15/h5-8,13,19,30,33,35H,9H2,1-4H3,(H2,27,34)/t13?,19-,26-/m0/s1. The number of aromatic hydroxyl groups is 1. The minimum Gasteiger partial charge on any atom is -0.508 e. The second kappa shape index (κ2) is 7.74. The number of carbonyl (C=O) groups excluding carboxylic acids is 3. The van der Waals surface area contributed by atoms with Gasteiger partial charge in [-0.1, -0.05) is 11.6 Å². The Morgan fingerprint density at radius 3 is 2.56 bits per heavy atom. The lowest BCUT2D eigenvalue weighted by atomic mass is 9.62. The predicted molar refractivity (Wildman–Crippen MR) is 130 cm³/mol. The van der Waals surface area contributed by atoms with E-state index in [1.54, 1.807) is 38.4 Å². The van der Waals surface area contributed by atoms with E-state index in [1.807, 2.05) is 13.8 Å². The molecule has 0 radical (unpaired) electrons. The molecule has 5 N–H and O–H groups in total. The van der Waals surface area contributed by atoms with E-state index in [2.05, 4.69) is 4.98 Å². The van der Waals surface area contributed by atoms with Crippen molar-refractivity contribution in [1.82, 2.24) is 9.88 Å². The number of rotatable bonds is 3. The van der Waals surface area contributed by atoms with Gasteiger partial charge in [-0.2, -0.15) is 0 Å². The zero-order valence-electron chi connectivity index (χ0n) is 20.1. The highest BCUT2D eigenvalue weighted by atomic mass is 16.4. The molecule has 0 saturated carbocycles. The number of carbonyl (C=O) groups is 3. The SMILES string of the molecule is CC(C)=Cc1nc2ccc3cc4c(c(O)c3c2o1)C(=O)[C@]1(O)C(O)=C(C(N)=O)C(=O)[C@@H](N(C)C)C1C4. The Labute approximate surface area is 205 Å². The molecule has 1 heterocycles. The number of allylic oxidation sites excluding steroid dienone is 1. The second-order valence-electron chi connectivity index (χ2n) is 9.81. The van der Waals surface area contributed by atoms with Gasteiger partial charge in [0, 0.05) is 5.92 Å². The lowest BCUT2D eigenvalue weighted by Crippen LogP contribution is -2.64. The first kappa shape index (κ1) is 23.7. The van der Waals surface area contributed by atoms with E-state index in [0.29, 0.717) is 22.4 Å². The van der Waals surface area contributed by atoms with Gasteiger partial charge in [0.25, 0.3) is 5.91 Å². The Hall–Kier alpha value is -4.02. The number of nitrogens with two attached hydrogens (primary N) is 1. The van der Waals surface area contributed by atoms with Crippen LogP contribution >= 0.6 is 0 Å². The van der Waals surface area contributed by atoms with E-state index in [1.165, 1.54) is 4.90 Å². The number of phenols is 1. The lowest BCUT2D eigenvalue weighted by Gasteiger charge is -2.47. The van der Waals surface area contributed by atoms with Crippen LogP contribution in [-0.4, -0.2) is 68.4 Å². The van der Waals surface area contributed by atoms with Crippen LogP contribution in [0.5, 0.6) is 5.75 Å². The van der Waals surface area contributed by atoms with Crippen molar-refractivity contribution in [2.75, 3.05) is 14.1 Å². The van der Waals surface area contributed by atoms with E-state index < -0.39 is 52.1 Å². The van der Waals surface area contributed by atoms with Crippen molar-refractivity contribution in [3.63, 3.8) is 0 Å². The van der Waals surface area contributed by atoms with Gasteiger partial charge in [0.1, 0.15) is 22.6 Å². The molecular formula is C26H25N3O7. The maximum Gasteiger partial charge on any atom is 0.255 e. The van der Waals surface area contributed by atoms with E-state index in [4.69, 9.17) is 10.2 Å². The minimum absolute atomic E-state index is 0.0385. The molecule has 2 aliphatic rings. The Morgan fingerprint density at radius 2 is 1.94 bits per heavy atom. The number of nitrogens with zero attached hydrogens (tertiary/aromatic N) is 2. The van der Waals surface area contributed by atoms with E-state index in [0.717, 1.165) is 5.57 Å². The number of hydrogen-bond acceptors (Lipinski definition) is 9. The highest BCUT2D eigenvalue weighted by molar-refractivity contribution is 6.25. The van der Waals surface area contributed by atoms with Crippen molar-refractivity contribution < 1.29 is 34.1 Å². The number of aliphatic hydroxyl groups excluding tert-OH is 1. The number of Topliss-reactive ketones (excluding diaryl/α,β-unsaturated/α-hetero) is 2. The summed E-state index contributed by atoms with van der Waals surface area (Å²) in [7, 11) is 3.12. The number of ketones is 2. The third-order valence-corrected chi connectivity index (χ3v) is 6.99. The molecule has 2 aliphatic carbocycles. The summed E-state index contributed by atoms with van der Waals surface area (Å²) in [5, 5.41) is 34.7. The maximum absolute atomic E-state index is 13.8. The molecule has 3 aromatic rings. The highest BCUT2D eigenvalue weighted by Crippen LogP contribution is 2.49. The number of hydrogen-bond donors (Lipinski definition) is 4. The van der Waals surface area contributed by atoms with E-state index >= 15 is 0 Å². The molecule has 1 unspecified atom stereocenters. The fraction of sp³-hybridized carbons (Fsp3) is 0.308. The number of fused-ring (bicyclic) bond motifs is 5. The second-order valence-corrected chi connectivity index (χ2v) is 9.81. The zero-order chi connectivity index (χ0) is 26.3. The summed E-state index contributed by atoms with van der Waals surface area (Å²) in [4.78, 5) is 44.8. The van der Waals surface area contributed by atoms with Crippen LogP contribution in [0.15, 0.2) is 39.5 Å². The van der Waals surface area contributed by atoms with Gasteiger partial charge in [-0.15, -0.1) is 0 Å². The van der Waals surface area contributed by atoms with Crippen LogP contribution < -0.4 is 5.73 Å². The molecule has 0 spiro atoms. The van der Waals surface area contributed by atoms with Crippen molar-refractivity contribution in [3.8, 4) is 5.75 Å². The van der Waals surface area contributed by atoms with Crippen LogP contribution in [0.1, 0.15) is 35.7 Å². The van der Waals surface area contributed by atoms with Crippen molar-refractivity contribution in [2.45, 2.75) is 31.9 Å². The zero-order valence-corrected chi connectivity index (χ0v) is 20.1. The molecule has 0 bridgehead atoms. The number of amides is 1. The van der Waals surface area contributed by atoms with E-state index in [9.17, 15) is 29.7 Å². The molecule has 3 atom stereocenters. The van der Waals surface area contributed by atoms with Crippen molar-refractivity contribution >= 4 is 45.4 Å². The van der Waals surface area contributed by atoms with Gasteiger partial charge < -0.3 is 25.5 Å². The molecule has 0 aliphatic heterocycles. The third kappa shape index (κ3) is 3.04. The van der Waals surface area contributed by atoms with Crippen LogP contribution in [0.4, 0.5) is 0 Å². The molecule has 5 rings (SSSR count). The van der Waals surface area contributed by atoms with Gasteiger partial charge in [0.2, 0.25) is 11.7 Å². The van der Waals surface area contributed by atoms with E-state index in [-0.39, 0.29) is 23.0 Å². The Morgan fingerprint density at radius 1 is 1.25 bits per heavy atom. The van der Waals surface area contributed by atoms with Crippen LogP contribution in [0, 0.1) is 5.92 Å². The average Bonchev–Trinajstić information content (AvgIpc) is 3.17. The Balaban J connectivity index is 1.81. The van der Waals surface area contributed by atoms with Crippen molar-refractivity contribution in [2.24, 2.45) is 11.7 Å². The molecule has 186 valence electrons. The fourth-order valence-corrected chi connectivity index (χ4v) is 5.49. The minimum atomic E-state index is -2.64. The third-order valence-electron chi connectivity index (χ3n) is 6.99. The first-order chi connectivity index (χ1) is 16.9. The monoisotopic (exact) mass is 491 g/mol. The molecule has 10 nitrogen and oxygen atoms in total. The molecular weight excluding hydrogens is 466 g/mol. The van der Waals surface area contributed by atoms with Gasteiger partial charge in [0.15, 0.2) is 17.0 Å². The van der Waals surface area contributed by atoms with Gasteiger partial charge in [0.05, 0.1) is 17.0 Å². The number of benzene rings is 2. The Kier molecular flexibility index (Phi) is 5.10. The summed E-state index contributed by atoms with van der Waals surface area (Å²) in [6, 6.07) is 4.03. The molecule has 1 aromatic heterocycles. The number of aromatic nitrogens is 1. The van der Waals surface area contributed by atoms with Crippen LogP contribution in [0.2, 0.25) is 0 Å². The number of phenolic OH excluding ortho intramolecular Hbond substituents is 1. The Bertz CT molecular complexity index is 1580. The summed E-state index contributed by atoms with van der Waals surface area (Å²) < 4.78 is 5.87. The van der Waals surface area contributed by atoms with Gasteiger partial charge >= 0.3 is 0 Å². The molecule has 0 fully saturated rings. The van der Waals surface area contributed by atoms with Crippen LogP contribution in [0.3, 0.4) is 0 Å². The number of primary amides is 1. The molecule has 2 aromatic carbocycles. The molecule has 10 heteroatoms. The highest BCUT2D eigenvalue weighted by Gasteiger charge is 2.62. The largest absolute Gasteiger partial charge is 0.508 e.